The molecule has 0 heterocycles. The maximum absolute atomic E-state index is 2.71. The predicted molar refractivity (Wildman–Crippen MR) is 59.1 cm³/mol. The normalized spacial score (nSPS) is 12.9. The second-order valence-corrected chi connectivity index (χ2v) is 4.02. The van der Waals surface area contributed by atoms with Crippen LogP contribution in [0.5, 0.6) is 0 Å². The topological polar surface area (TPSA) is 0 Å². The lowest BCUT2D eigenvalue weighted by Crippen LogP contribution is -1.95. The predicted octanol–water partition coefficient (Wildman–Crippen LogP) is 3.09. The van der Waals surface area contributed by atoms with Crippen molar-refractivity contribution < 1.29 is 0 Å². The van der Waals surface area contributed by atoms with Crippen molar-refractivity contribution in [3.8, 4) is 0 Å². The van der Waals surface area contributed by atoms with Crippen molar-refractivity contribution in [1.82, 2.24) is 0 Å². The summed E-state index contributed by atoms with van der Waals surface area (Å²) in [6.07, 6.45) is 2.56. The van der Waals surface area contributed by atoms with Crippen molar-refractivity contribution in [2.45, 2.75) is 32.6 Å². The van der Waals surface area contributed by atoms with Gasteiger partial charge < -0.3 is 0 Å². The van der Waals surface area contributed by atoms with Gasteiger partial charge in [-0.15, -0.1) is 9.24 Å². The zero-order valence-electron chi connectivity index (χ0n) is 7.88. The SMILES string of the molecule is CCC[C@H](C)c1ccc(P)cc1. The molecule has 0 saturated heterocycles. The minimum absolute atomic E-state index is 0.709. The second kappa shape index (κ2) is 4.62. The van der Waals surface area contributed by atoms with Gasteiger partial charge in [0.25, 0.3) is 0 Å². The Morgan fingerprint density at radius 1 is 1.25 bits per heavy atom. The van der Waals surface area contributed by atoms with E-state index in [2.05, 4.69) is 47.4 Å². The van der Waals surface area contributed by atoms with Crippen molar-refractivity contribution in [2.75, 3.05) is 0 Å². The molecular formula is C11H17P. The summed E-state index contributed by atoms with van der Waals surface area (Å²) >= 11 is 0. The van der Waals surface area contributed by atoms with Gasteiger partial charge in [-0.05, 0) is 23.2 Å². The van der Waals surface area contributed by atoms with Crippen LogP contribution in [0, 0.1) is 0 Å². The molecule has 0 nitrogen and oxygen atoms in total. The van der Waals surface area contributed by atoms with Crippen LogP contribution in [0.1, 0.15) is 38.2 Å². The summed E-state index contributed by atoms with van der Waals surface area (Å²) in [5.74, 6) is 0.709. The first kappa shape index (κ1) is 9.74. The molecule has 0 aliphatic carbocycles. The standard InChI is InChI=1S/C11H17P/c1-3-4-9(2)10-5-7-11(12)8-6-10/h5-9H,3-4,12H2,1-2H3/t9-/m0/s1. The maximum atomic E-state index is 2.71. The van der Waals surface area contributed by atoms with Gasteiger partial charge in [0.05, 0.1) is 0 Å². The van der Waals surface area contributed by atoms with E-state index in [0.717, 1.165) is 0 Å². The molecule has 0 spiro atoms. The molecule has 0 radical (unpaired) electrons. The van der Waals surface area contributed by atoms with Crippen LogP contribution in [0.2, 0.25) is 0 Å². The van der Waals surface area contributed by atoms with Gasteiger partial charge in [0.2, 0.25) is 0 Å². The van der Waals surface area contributed by atoms with Gasteiger partial charge in [-0.2, -0.15) is 0 Å². The highest BCUT2D eigenvalue weighted by molar-refractivity contribution is 7.27. The minimum atomic E-state index is 0.709. The van der Waals surface area contributed by atoms with E-state index in [1.54, 1.807) is 0 Å². The monoisotopic (exact) mass is 180 g/mol. The Morgan fingerprint density at radius 2 is 1.83 bits per heavy atom. The molecule has 0 saturated carbocycles. The number of hydrogen-bond acceptors (Lipinski definition) is 0. The highest BCUT2D eigenvalue weighted by Crippen LogP contribution is 2.19. The van der Waals surface area contributed by atoms with E-state index >= 15 is 0 Å². The molecule has 0 N–H and O–H groups in total. The Labute approximate surface area is 77.6 Å². The van der Waals surface area contributed by atoms with Crippen molar-refractivity contribution in [3.63, 3.8) is 0 Å². The quantitative estimate of drug-likeness (QED) is 0.627. The molecule has 0 bridgehead atoms. The third-order valence-corrected chi connectivity index (χ3v) is 2.61. The minimum Gasteiger partial charge on any atom is -0.106 e. The molecule has 0 aliphatic rings. The van der Waals surface area contributed by atoms with E-state index in [9.17, 15) is 0 Å². The summed E-state index contributed by atoms with van der Waals surface area (Å²) in [5, 5.41) is 1.27. The van der Waals surface area contributed by atoms with Crippen LogP contribution in [0.4, 0.5) is 0 Å². The lowest BCUT2D eigenvalue weighted by Gasteiger charge is -2.09. The van der Waals surface area contributed by atoms with Crippen molar-refractivity contribution in [3.05, 3.63) is 29.8 Å². The van der Waals surface area contributed by atoms with Gasteiger partial charge in [0.15, 0.2) is 0 Å². The van der Waals surface area contributed by atoms with E-state index in [-0.39, 0.29) is 0 Å². The number of benzene rings is 1. The largest absolute Gasteiger partial charge is 0.106 e. The zero-order valence-corrected chi connectivity index (χ0v) is 9.03. The van der Waals surface area contributed by atoms with Crippen LogP contribution >= 0.6 is 9.24 Å². The molecule has 0 amide bonds. The fourth-order valence-electron chi connectivity index (χ4n) is 1.42. The van der Waals surface area contributed by atoms with E-state index in [1.165, 1.54) is 23.7 Å². The van der Waals surface area contributed by atoms with Gasteiger partial charge in [-0.25, -0.2) is 0 Å². The summed E-state index contributed by atoms with van der Waals surface area (Å²) in [6, 6.07) is 8.77. The summed E-state index contributed by atoms with van der Waals surface area (Å²) in [6.45, 7) is 4.53. The van der Waals surface area contributed by atoms with Crippen molar-refractivity contribution >= 4 is 14.5 Å². The highest BCUT2D eigenvalue weighted by atomic mass is 31.0. The van der Waals surface area contributed by atoms with Crippen LogP contribution in [0.25, 0.3) is 0 Å². The first-order chi connectivity index (χ1) is 5.74. The Bertz CT molecular complexity index is 225. The third-order valence-electron chi connectivity index (χ3n) is 2.23. The summed E-state index contributed by atoms with van der Waals surface area (Å²) in [5.41, 5.74) is 1.46. The average Bonchev–Trinajstić information content (AvgIpc) is 2.06. The highest BCUT2D eigenvalue weighted by Gasteiger charge is 2.02. The zero-order chi connectivity index (χ0) is 8.97. The second-order valence-electron chi connectivity index (χ2n) is 3.36. The summed E-state index contributed by atoms with van der Waals surface area (Å²) in [7, 11) is 2.71. The molecule has 2 atom stereocenters. The van der Waals surface area contributed by atoms with Crippen molar-refractivity contribution in [1.29, 1.82) is 0 Å². The fraction of sp³-hybridized carbons (Fsp3) is 0.455. The van der Waals surface area contributed by atoms with Gasteiger partial charge in [-0.1, -0.05) is 44.5 Å². The van der Waals surface area contributed by atoms with Gasteiger partial charge in [0, 0.05) is 0 Å². The molecule has 1 heteroatoms. The van der Waals surface area contributed by atoms with E-state index in [1.807, 2.05) is 0 Å². The summed E-state index contributed by atoms with van der Waals surface area (Å²) in [4.78, 5) is 0. The Balaban J connectivity index is 2.68. The van der Waals surface area contributed by atoms with Crippen LogP contribution in [0.15, 0.2) is 24.3 Å². The lowest BCUT2D eigenvalue weighted by atomic mass is 9.97. The number of hydrogen-bond donors (Lipinski definition) is 0. The van der Waals surface area contributed by atoms with Gasteiger partial charge in [0.1, 0.15) is 0 Å². The van der Waals surface area contributed by atoms with Crippen molar-refractivity contribution in [2.24, 2.45) is 0 Å². The molecule has 1 rings (SSSR count). The molecule has 66 valence electrons. The first-order valence-corrected chi connectivity index (χ1v) is 5.17. The first-order valence-electron chi connectivity index (χ1n) is 4.59. The van der Waals surface area contributed by atoms with E-state index < -0.39 is 0 Å². The molecular weight excluding hydrogens is 163 g/mol. The molecule has 1 aromatic carbocycles. The van der Waals surface area contributed by atoms with Gasteiger partial charge in [-0.3, -0.25) is 0 Å². The average molecular weight is 180 g/mol. The third kappa shape index (κ3) is 2.60. The summed E-state index contributed by atoms with van der Waals surface area (Å²) < 4.78 is 0. The lowest BCUT2D eigenvalue weighted by molar-refractivity contribution is 0.665. The Kier molecular flexibility index (Phi) is 3.75. The van der Waals surface area contributed by atoms with Crippen LogP contribution in [-0.4, -0.2) is 0 Å². The Hall–Kier alpha value is -0.350. The molecule has 1 aromatic rings. The number of rotatable bonds is 3. The molecule has 0 aromatic heterocycles. The smallest absolute Gasteiger partial charge is 0.0190 e. The molecule has 12 heavy (non-hydrogen) atoms. The van der Waals surface area contributed by atoms with Crippen LogP contribution < -0.4 is 5.30 Å². The van der Waals surface area contributed by atoms with E-state index in [0.29, 0.717) is 5.92 Å². The molecule has 1 unspecified atom stereocenters. The Morgan fingerprint density at radius 3 is 2.33 bits per heavy atom. The molecule has 0 aliphatic heterocycles. The maximum Gasteiger partial charge on any atom is -0.0190 e. The van der Waals surface area contributed by atoms with Crippen LogP contribution in [-0.2, 0) is 0 Å². The van der Waals surface area contributed by atoms with Crippen LogP contribution in [0.3, 0.4) is 0 Å². The van der Waals surface area contributed by atoms with E-state index in [4.69, 9.17) is 0 Å². The fourth-order valence-corrected chi connectivity index (χ4v) is 1.62. The molecule has 0 fully saturated rings. The van der Waals surface area contributed by atoms with Gasteiger partial charge >= 0.3 is 0 Å².